The molecular formula is C20H26N2O3. The summed E-state index contributed by atoms with van der Waals surface area (Å²) in [5.74, 6) is -0.469. The third kappa shape index (κ3) is 3.46. The Morgan fingerprint density at radius 3 is 2.24 bits per heavy atom. The molecule has 2 fully saturated rings. The normalized spacial score (nSPS) is 24.2. The second-order valence-electron chi connectivity index (χ2n) is 7.17. The molecule has 3 unspecified atom stereocenters. The zero-order valence-electron chi connectivity index (χ0n) is 15.0. The van der Waals surface area contributed by atoms with Crippen LogP contribution in [-0.2, 0) is 14.4 Å². The molecule has 1 aliphatic carbocycles. The molecule has 134 valence electrons. The Labute approximate surface area is 149 Å². The number of carbonyl (C=O) groups excluding carboxylic acids is 3. The molecule has 5 nitrogen and oxygen atoms in total. The molecule has 1 heterocycles. The molecule has 1 aromatic rings. The summed E-state index contributed by atoms with van der Waals surface area (Å²) >= 11 is 0. The van der Waals surface area contributed by atoms with Crippen LogP contribution in [-0.4, -0.2) is 41.1 Å². The van der Waals surface area contributed by atoms with E-state index in [1.54, 1.807) is 11.9 Å². The molecule has 2 aliphatic rings. The molecule has 3 amide bonds. The number of hydrogen-bond acceptors (Lipinski definition) is 3. The van der Waals surface area contributed by atoms with Gasteiger partial charge in [-0.25, -0.2) is 0 Å². The molecule has 3 rings (SSSR count). The maximum Gasteiger partial charge on any atom is 0.233 e. The first-order valence-electron chi connectivity index (χ1n) is 9.16. The van der Waals surface area contributed by atoms with Gasteiger partial charge in [0.25, 0.3) is 0 Å². The average molecular weight is 342 g/mol. The first-order chi connectivity index (χ1) is 12.0. The van der Waals surface area contributed by atoms with Crippen molar-refractivity contribution in [2.45, 2.75) is 45.1 Å². The lowest BCUT2D eigenvalue weighted by Gasteiger charge is -2.26. The maximum absolute atomic E-state index is 12.5. The number of fused-ring (bicyclic) bond motifs is 1. The Kier molecular flexibility index (Phi) is 5.21. The molecule has 0 radical (unpaired) electrons. The summed E-state index contributed by atoms with van der Waals surface area (Å²) in [6.45, 7) is 2.18. The first-order valence-corrected chi connectivity index (χ1v) is 9.16. The van der Waals surface area contributed by atoms with Gasteiger partial charge < -0.3 is 4.90 Å². The fourth-order valence-electron chi connectivity index (χ4n) is 4.01. The zero-order valence-corrected chi connectivity index (χ0v) is 15.0. The molecule has 1 saturated carbocycles. The fourth-order valence-corrected chi connectivity index (χ4v) is 4.01. The van der Waals surface area contributed by atoms with Gasteiger partial charge in [0.15, 0.2) is 0 Å². The smallest absolute Gasteiger partial charge is 0.233 e. The number of nitrogens with zero attached hydrogens (tertiary/aromatic N) is 2. The Morgan fingerprint density at radius 2 is 1.68 bits per heavy atom. The third-order valence-corrected chi connectivity index (χ3v) is 5.74. The van der Waals surface area contributed by atoms with E-state index in [9.17, 15) is 14.4 Å². The van der Waals surface area contributed by atoms with Gasteiger partial charge in [0.1, 0.15) is 0 Å². The maximum atomic E-state index is 12.5. The lowest BCUT2D eigenvalue weighted by molar-refractivity contribution is -0.141. The van der Waals surface area contributed by atoms with E-state index in [0.717, 1.165) is 31.2 Å². The van der Waals surface area contributed by atoms with Gasteiger partial charge in [-0.2, -0.15) is 0 Å². The van der Waals surface area contributed by atoms with Crippen LogP contribution in [0, 0.1) is 11.8 Å². The van der Waals surface area contributed by atoms with Crippen molar-refractivity contribution in [2.75, 3.05) is 13.6 Å². The highest BCUT2D eigenvalue weighted by Crippen LogP contribution is 2.38. The van der Waals surface area contributed by atoms with Crippen molar-refractivity contribution in [1.82, 2.24) is 9.80 Å². The van der Waals surface area contributed by atoms with Crippen molar-refractivity contribution in [3.05, 3.63) is 35.9 Å². The molecule has 25 heavy (non-hydrogen) atoms. The quantitative estimate of drug-likeness (QED) is 0.773. The van der Waals surface area contributed by atoms with Crippen molar-refractivity contribution in [2.24, 2.45) is 11.8 Å². The van der Waals surface area contributed by atoms with Crippen LogP contribution in [0.5, 0.6) is 0 Å². The van der Waals surface area contributed by atoms with E-state index < -0.39 is 0 Å². The lowest BCUT2D eigenvalue weighted by Crippen LogP contribution is -2.36. The highest BCUT2D eigenvalue weighted by molar-refractivity contribution is 6.05. The summed E-state index contributed by atoms with van der Waals surface area (Å²) in [5, 5.41) is 0. The summed E-state index contributed by atoms with van der Waals surface area (Å²) in [6, 6.07) is 9.80. The molecule has 0 bridgehead atoms. The van der Waals surface area contributed by atoms with E-state index in [1.165, 1.54) is 4.90 Å². The molecule has 1 saturated heterocycles. The van der Waals surface area contributed by atoms with Gasteiger partial charge in [-0.15, -0.1) is 0 Å². The number of carbonyl (C=O) groups is 3. The largest absolute Gasteiger partial charge is 0.339 e. The number of likely N-dealkylation sites (tertiary alicyclic amines) is 1. The fraction of sp³-hybridized carbons (Fsp3) is 0.550. The Bertz CT molecular complexity index is 634. The Morgan fingerprint density at radius 1 is 1.12 bits per heavy atom. The summed E-state index contributed by atoms with van der Waals surface area (Å²) in [6.07, 6.45) is 3.84. The highest BCUT2D eigenvalue weighted by Gasteiger charge is 2.47. The van der Waals surface area contributed by atoms with E-state index in [-0.39, 0.29) is 48.6 Å². The van der Waals surface area contributed by atoms with Crippen LogP contribution in [0.3, 0.4) is 0 Å². The molecule has 0 aromatic heterocycles. The van der Waals surface area contributed by atoms with Gasteiger partial charge in [-0.3, -0.25) is 19.3 Å². The van der Waals surface area contributed by atoms with Crippen molar-refractivity contribution < 1.29 is 14.4 Å². The van der Waals surface area contributed by atoms with Crippen LogP contribution in [0.4, 0.5) is 0 Å². The van der Waals surface area contributed by atoms with Crippen LogP contribution < -0.4 is 0 Å². The standard InChI is InChI=1S/C20H26N2O3/c1-14(15-8-4-3-5-9-15)21(2)18(23)12-13-22-19(24)16-10-6-7-11-17(16)20(22)25/h3-5,8-9,14,16-17H,6-7,10-13H2,1-2H3. The minimum atomic E-state index is -0.141. The number of benzene rings is 1. The Balaban J connectivity index is 1.58. The number of imide groups is 1. The van der Waals surface area contributed by atoms with Gasteiger partial charge in [-0.05, 0) is 25.3 Å². The monoisotopic (exact) mass is 342 g/mol. The second kappa shape index (κ2) is 7.38. The van der Waals surface area contributed by atoms with Crippen LogP contribution in [0.25, 0.3) is 0 Å². The van der Waals surface area contributed by atoms with Gasteiger partial charge in [0, 0.05) is 20.0 Å². The van der Waals surface area contributed by atoms with E-state index in [1.807, 2.05) is 37.3 Å². The third-order valence-electron chi connectivity index (χ3n) is 5.74. The van der Waals surface area contributed by atoms with Gasteiger partial charge in [0.05, 0.1) is 17.9 Å². The number of amides is 3. The van der Waals surface area contributed by atoms with Gasteiger partial charge in [0.2, 0.25) is 17.7 Å². The number of hydrogen-bond donors (Lipinski definition) is 0. The first kappa shape index (κ1) is 17.6. The SMILES string of the molecule is CC(c1ccccc1)N(C)C(=O)CCN1C(=O)C2CCCCC2C1=O. The van der Waals surface area contributed by atoms with Gasteiger partial charge >= 0.3 is 0 Å². The summed E-state index contributed by atoms with van der Waals surface area (Å²) in [5.41, 5.74) is 1.07. The van der Waals surface area contributed by atoms with Crippen molar-refractivity contribution >= 4 is 17.7 Å². The van der Waals surface area contributed by atoms with Crippen LogP contribution in [0.1, 0.15) is 50.6 Å². The minimum Gasteiger partial charge on any atom is -0.339 e. The average Bonchev–Trinajstić information content (AvgIpc) is 2.90. The predicted octanol–water partition coefficient (Wildman–Crippen LogP) is 2.77. The summed E-state index contributed by atoms with van der Waals surface area (Å²) < 4.78 is 0. The van der Waals surface area contributed by atoms with Gasteiger partial charge in [-0.1, -0.05) is 43.2 Å². The van der Waals surface area contributed by atoms with Crippen molar-refractivity contribution in [3.63, 3.8) is 0 Å². The second-order valence-corrected chi connectivity index (χ2v) is 7.17. The van der Waals surface area contributed by atoms with E-state index in [4.69, 9.17) is 0 Å². The predicted molar refractivity (Wildman–Crippen MR) is 94.4 cm³/mol. The molecule has 0 N–H and O–H groups in total. The lowest BCUT2D eigenvalue weighted by atomic mass is 9.81. The van der Waals surface area contributed by atoms with Crippen molar-refractivity contribution in [3.8, 4) is 0 Å². The van der Waals surface area contributed by atoms with Crippen LogP contribution >= 0.6 is 0 Å². The Hall–Kier alpha value is -2.17. The van der Waals surface area contributed by atoms with E-state index in [0.29, 0.717) is 0 Å². The van der Waals surface area contributed by atoms with E-state index in [2.05, 4.69) is 0 Å². The summed E-state index contributed by atoms with van der Waals surface area (Å²) in [4.78, 5) is 40.5. The molecule has 5 heteroatoms. The highest BCUT2D eigenvalue weighted by atomic mass is 16.2. The number of rotatable bonds is 5. The molecule has 0 spiro atoms. The molecule has 3 atom stereocenters. The molecular weight excluding hydrogens is 316 g/mol. The van der Waals surface area contributed by atoms with Crippen molar-refractivity contribution in [1.29, 1.82) is 0 Å². The zero-order chi connectivity index (χ0) is 18.0. The summed E-state index contributed by atoms with van der Waals surface area (Å²) in [7, 11) is 1.77. The van der Waals surface area contributed by atoms with Crippen LogP contribution in [0.2, 0.25) is 0 Å². The van der Waals surface area contributed by atoms with E-state index >= 15 is 0 Å². The molecule has 1 aliphatic heterocycles. The minimum absolute atomic E-state index is 0.0405. The topological polar surface area (TPSA) is 57.7 Å². The molecule has 1 aromatic carbocycles. The van der Waals surface area contributed by atoms with Crippen LogP contribution in [0.15, 0.2) is 30.3 Å².